The first-order chi connectivity index (χ1) is 15.0. The highest BCUT2D eigenvalue weighted by molar-refractivity contribution is 6.01. The molecule has 3 aromatic rings. The lowest BCUT2D eigenvalue weighted by molar-refractivity contribution is 0.0924. The molecule has 1 aromatic heterocycles. The fraction of sp³-hybridized carbons (Fsp3) is 0.333. The fourth-order valence-corrected chi connectivity index (χ4v) is 3.77. The molecule has 0 saturated heterocycles. The van der Waals surface area contributed by atoms with E-state index in [0.717, 1.165) is 11.3 Å². The number of carbonyl (C=O) groups excluding carboxylic acids is 1. The monoisotopic (exact) mass is 422 g/mol. The second kappa shape index (κ2) is 8.71. The number of amides is 1. The minimum Gasteiger partial charge on any atom is -0.496 e. The normalized spacial score (nSPS) is 13.7. The summed E-state index contributed by atoms with van der Waals surface area (Å²) in [7, 11) is 1.59. The van der Waals surface area contributed by atoms with E-state index in [-0.39, 0.29) is 17.9 Å². The summed E-state index contributed by atoms with van der Waals surface area (Å²) in [6, 6.07) is 13.0. The number of nitrogens with zero attached hydrogens (tertiary/aromatic N) is 1. The van der Waals surface area contributed by atoms with E-state index in [2.05, 4.69) is 24.3 Å². The van der Waals surface area contributed by atoms with Crippen LogP contribution in [0.3, 0.4) is 0 Å². The van der Waals surface area contributed by atoms with E-state index in [1.54, 1.807) is 14.0 Å². The van der Waals surface area contributed by atoms with Crippen LogP contribution in [0, 0.1) is 12.8 Å². The van der Waals surface area contributed by atoms with Crippen LogP contribution in [0.1, 0.15) is 41.6 Å². The molecule has 1 aliphatic heterocycles. The van der Waals surface area contributed by atoms with Crippen molar-refractivity contribution in [1.29, 1.82) is 0 Å². The maximum atomic E-state index is 13.4. The summed E-state index contributed by atoms with van der Waals surface area (Å²) in [5.41, 5.74) is 2.50. The summed E-state index contributed by atoms with van der Waals surface area (Å²) in [4.78, 5) is 13.4. The van der Waals surface area contributed by atoms with Crippen LogP contribution in [0.25, 0.3) is 11.3 Å². The lowest BCUT2D eigenvalue weighted by Crippen LogP contribution is -2.32. The standard InChI is InChI=1S/C24H26N2O5/c1-14(2)22(16-9-10-19-20(13-16)30-12-11-29-19)25-24(27)21-15(3)31-26-23(21)17-7-5-6-8-18(17)28-4/h5-10,13-14,22H,11-12H2,1-4H3,(H,25,27)/t22-/m0/s1. The third-order valence-corrected chi connectivity index (χ3v) is 5.33. The number of aromatic nitrogens is 1. The zero-order chi connectivity index (χ0) is 22.0. The van der Waals surface area contributed by atoms with E-state index in [9.17, 15) is 4.79 Å². The Morgan fingerprint density at radius 2 is 1.84 bits per heavy atom. The third-order valence-electron chi connectivity index (χ3n) is 5.33. The SMILES string of the molecule is COc1ccccc1-c1noc(C)c1C(=O)N[C@H](c1ccc2c(c1)OCCO2)C(C)C. The Hall–Kier alpha value is -3.48. The molecular formula is C24H26N2O5. The van der Waals surface area contributed by atoms with Crippen LogP contribution >= 0.6 is 0 Å². The molecular weight excluding hydrogens is 396 g/mol. The van der Waals surface area contributed by atoms with Crippen molar-refractivity contribution in [3.63, 3.8) is 0 Å². The molecule has 0 unspecified atom stereocenters. The molecule has 0 spiro atoms. The number of benzene rings is 2. The number of methoxy groups -OCH3 is 1. The predicted octanol–water partition coefficient (Wildman–Crippen LogP) is 4.56. The average Bonchev–Trinajstić information content (AvgIpc) is 3.18. The van der Waals surface area contributed by atoms with Crippen molar-refractivity contribution in [2.24, 2.45) is 5.92 Å². The first kappa shape index (κ1) is 20.8. The molecule has 7 heteroatoms. The molecule has 0 radical (unpaired) electrons. The molecule has 2 aromatic carbocycles. The van der Waals surface area contributed by atoms with Crippen molar-refractivity contribution in [2.45, 2.75) is 26.8 Å². The smallest absolute Gasteiger partial charge is 0.257 e. The van der Waals surface area contributed by atoms with Gasteiger partial charge in [-0.25, -0.2) is 0 Å². The Bertz CT molecular complexity index is 1090. The maximum Gasteiger partial charge on any atom is 0.257 e. The molecule has 31 heavy (non-hydrogen) atoms. The average molecular weight is 422 g/mol. The summed E-state index contributed by atoms with van der Waals surface area (Å²) in [6.07, 6.45) is 0. The Balaban J connectivity index is 1.66. The van der Waals surface area contributed by atoms with Gasteiger partial charge in [0.2, 0.25) is 0 Å². The summed E-state index contributed by atoms with van der Waals surface area (Å²) >= 11 is 0. The van der Waals surface area contributed by atoms with E-state index >= 15 is 0 Å². The molecule has 4 rings (SSSR count). The van der Waals surface area contributed by atoms with Crippen molar-refractivity contribution < 1.29 is 23.5 Å². The summed E-state index contributed by atoms with van der Waals surface area (Å²) in [5.74, 6) is 2.37. The highest BCUT2D eigenvalue weighted by Crippen LogP contribution is 2.36. The number of para-hydroxylation sites is 1. The molecule has 0 bridgehead atoms. The van der Waals surface area contributed by atoms with Crippen LogP contribution in [0.2, 0.25) is 0 Å². The molecule has 0 saturated carbocycles. The van der Waals surface area contributed by atoms with Gasteiger partial charge in [0.15, 0.2) is 11.5 Å². The zero-order valence-corrected chi connectivity index (χ0v) is 18.1. The number of carbonyl (C=O) groups is 1. The minimum absolute atomic E-state index is 0.140. The zero-order valence-electron chi connectivity index (χ0n) is 18.1. The summed E-state index contributed by atoms with van der Waals surface area (Å²) in [5, 5.41) is 7.30. The Labute approximate surface area is 181 Å². The predicted molar refractivity (Wildman–Crippen MR) is 116 cm³/mol. The Kier molecular flexibility index (Phi) is 5.84. The van der Waals surface area contributed by atoms with Crippen molar-refractivity contribution in [3.8, 4) is 28.5 Å². The van der Waals surface area contributed by atoms with Gasteiger partial charge in [-0.2, -0.15) is 0 Å². The molecule has 1 aliphatic rings. The van der Waals surface area contributed by atoms with Gasteiger partial charge in [0.05, 0.1) is 13.2 Å². The van der Waals surface area contributed by atoms with E-state index in [1.165, 1.54) is 0 Å². The Morgan fingerprint density at radius 3 is 2.58 bits per heavy atom. The number of nitrogens with one attached hydrogen (secondary N) is 1. The van der Waals surface area contributed by atoms with Crippen molar-refractivity contribution >= 4 is 5.91 Å². The summed E-state index contributed by atoms with van der Waals surface area (Å²) in [6.45, 7) is 6.90. The van der Waals surface area contributed by atoms with Crippen molar-refractivity contribution in [1.82, 2.24) is 10.5 Å². The first-order valence-electron chi connectivity index (χ1n) is 10.3. The lowest BCUT2D eigenvalue weighted by Gasteiger charge is -2.25. The van der Waals surface area contributed by atoms with Gasteiger partial charge in [0.1, 0.15) is 36.0 Å². The van der Waals surface area contributed by atoms with Crippen LogP contribution in [-0.2, 0) is 0 Å². The fourth-order valence-electron chi connectivity index (χ4n) is 3.77. The largest absolute Gasteiger partial charge is 0.496 e. The van der Waals surface area contributed by atoms with Gasteiger partial charge in [-0.1, -0.05) is 37.2 Å². The van der Waals surface area contributed by atoms with Gasteiger partial charge >= 0.3 is 0 Å². The number of hydrogen-bond acceptors (Lipinski definition) is 6. The molecule has 7 nitrogen and oxygen atoms in total. The lowest BCUT2D eigenvalue weighted by atomic mass is 9.94. The number of ether oxygens (including phenoxy) is 3. The van der Waals surface area contributed by atoms with E-state index in [1.807, 2.05) is 42.5 Å². The van der Waals surface area contributed by atoms with Crippen LogP contribution in [-0.4, -0.2) is 31.4 Å². The summed E-state index contributed by atoms with van der Waals surface area (Å²) < 4.78 is 22.2. The number of fused-ring (bicyclic) bond motifs is 1. The number of rotatable bonds is 6. The van der Waals surface area contributed by atoms with Gasteiger partial charge in [0.25, 0.3) is 5.91 Å². The van der Waals surface area contributed by atoms with E-state index in [0.29, 0.717) is 47.3 Å². The van der Waals surface area contributed by atoms with Crippen LogP contribution in [0.5, 0.6) is 17.2 Å². The molecule has 1 atom stereocenters. The highest BCUT2D eigenvalue weighted by Gasteiger charge is 2.27. The van der Waals surface area contributed by atoms with E-state index in [4.69, 9.17) is 18.7 Å². The highest BCUT2D eigenvalue weighted by atomic mass is 16.6. The van der Waals surface area contributed by atoms with Gasteiger partial charge in [-0.3, -0.25) is 4.79 Å². The van der Waals surface area contributed by atoms with Crippen molar-refractivity contribution in [3.05, 3.63) is 59.4 Å². The van der Waals surface area contributed by atoms with Gasteiger partial charge in [-0.15, -0.1) is 0 Å². The maximum absolute atomic E-state index is 13.4. The molecule has 1 N–H and O–H groups in total. The second-order valence-corrected chi connectivity index (χ2v) is 7.76. The van der Waals surface area contributed by atoms with Gasteiger partial charge in [-0.05, 0) is 42.7 Å². The molecule has 0 fully saturated rings. The quantitative estimate of drug-likeness (QED) is 0.627. The van der Waals surface area contributed by atoms with Gasteiger partial charge < -0.3 is 24.1 Å². The topological polar surface area (TPSA) is 82.8 Å². The Morgan fingerprint density at radius 1 is 1.10 bits per heavy atom. The molecule has 162 valence electrons. The third kappa shape index (κ3) is 4.08. The van der Waals surface area contributed by atoms with Crippen LogP contribution in [0.15, 0.2) is 47.0 Å². The van der Waals surface area contributed by atoms with Gasteiger partial charge in [0, 0.05) is 5.56 Å². The van der Waals surface area contributed by atoms with Crippen LogP contribution < -0.4 is 19.5 Å². The number of aryl methyl sites for hydroxylation is 1. The number of hydrogen-bond donors (Lipinski definition) is 1. The van der Waals surface area contributed by atoms with Crippen molar-refractivity contribution in [2.75, 3.05) is 20.3 Å². The second-order valence-electron chi connectivity index (χ2n) is 7.76. The molecule has 2 heterocycles. The molecule has 0 aliphatic carbocycles. The van der Waals surface area contributed by atoms with Crippen LogP contribution in [0.4, 0.5) is 0 Å². The minimum atomic E-state index is -0.256. The van der Waals surface area contributed by atoms with E-state index < -0.39 is 0 Å². The molecule has 1 amide bonds. The first-order valence-corrected chi connectivity index (χ1v) is 10.3.